The molecule has 19 heavy (non-hydrogen) atoms. The van der Waals surface area contributed by atoms with Gasteiger partial charge in [-0.2, -0.15) is 0 Å². The molecule has 0 aliphatic heterocycles. The Morgan fingerprint density at radius 3 is 2.32 bits per heavy atom. The number of rotatable bonds is 4. The Morgan fingerprint density at radius 1 is 1.16 bits per heavy atom. The van der Waals surface area contributed by atoms with E-state index in [-0.39, 0.29) is 11.4 Å². The van der Waals surface area contributed by atoms with E-state index in [2.05, 4.69) is 12.2 Å². The lowest BCUT2D eigenvalue weighted by atomic mass is 9.83. The molecule has 1 saturated carbocycles. The lowest BCUT2D eigenvalue weighted by molar-refractivity contribution is -0.122. The quantitative estimate of drug-likeness (QED) is 0.874. The molecular formula is C16H24N2O. The maximum absolute atomic E-state index is 12.1. The lowest BCUT2D eigenvalue weighted by Crippen LogP contribution is -2.47. The van der Waals surface area contributed by atoms with Crippen molar-refractivity contribution in [3.63, 3.8) is 0 Å². The summed E-state index contributed by atoms with van der Waals surface area (Å²) >= 11 is 0. The number of nitrogens with two attached hydrogens (primary N) is 1. The van der Waals surface area contributed by atoms with E-state index in [1.54, 1.807) is 0 Å². The van der Waals surface area contributed by atoms with Crippen LogP contribution in [0.25, 0.3) is 0 Å². The molecule has 1 aromatic carbocycles. The highest BCUT2D eigenvalue weighted by atomic mass is 16.1. The molecule has 1 aliphatic carbocycles. The van der Waals surface area contributed by atoms with Gasteiger partial charge in [0.15, 0.2) is 0 Å². The summed E-state index contributed by atoms with van der Waals surface area (Å²) in [4.78, 5) is 12.1. The van der Waals surface area contributed by atoms with Gasteiger partial charge in [0, 0.05) is 12.1 Å². The van der Waals surface area contributed by atoms with Gasteiger partial charge in [-0.05, 0) is 30.9 Å². The number of hydrogen-bond donors (Lipinski definition) is 2. The first-order valence-corrected chi connectivity index (χ1v) is 7.20. The van der Waals surface area contributed by atoms with E-state index in [1.807, 2.05) is 24.3 Å². The van der Waals surface area contributed by atoms with Gasteiger partial charge in [-0.15, -0.1) is 0 Å². The molecule has 0 atom stereocenters. The molecule has 3 heteroatoms. The third kappa shape index (κ3) is 4.06. The minimum Gasteiger partial charge on any atom is -0.351 e. The Kier molecular flexibility index (Phi) is 4.59. The summed E-state index contributed by atoms with van der Waals surface area (Å²) in [5.74, 6) is 0.130. The van der Waals surface area contributed by atoms with Gasteiger partial charge in [0.2, 0.25) is 5.91 Å². The van der Waals surface area contributed by atoms with Crippen LogP contribution in [0.2, 0.25) is 0 Å². The molecule has 0 unspecified atom stereocenters. The Morgan fingerprint density at radius 2 is 1.74 bits per heavy atom. The second kappa shape index (κ2) is 6.20. The first kappa shape index (κ1) is 14.1. The molecule has 0 saturated heterocycles. The molecule has 3 N–H and O–H groups in total. The summed E-state index contributed by atoms with van der Waals surface area (Å²) in [7, 11) is 0. The van der Waals surface area contributed by atoms with Crippen LogP contribution < -0.4 is 11.1 Å². The first-order chi connectivity index (χ1) is 9.11. The molecule has 0 bridgehead atoms. The van der Waals surface area contributed by atoms with Crippen molar-refractivity contribution in [1.29, 1.82) is 0 Å². The monoisotopic (exact) mass is 260 g/mol. The van der Waals surface area contributed by atoms with Crippen LogP contribution in [-0.4, -0.2) is 11.4 Å². The van der Waals surface area contributed by atoms with E-state index < -0.39 is 0 Å². The van der Waals surface area contributed by atoms with Crippen LogP contribution in [0, 0.1) is 0 Å². The van der Waals surface area contributed by atoms with Crippen molar-refractivity contribution in [2.24, 2.45) is 5.73 Å². The Hall–Kier alpha value is -1.35. The summed E-state index contributed by atoms with van der Waals surface area (Å²) < 4.78 is 0. The SMILES string of the molecule is CC1(NC(=O)Cc2ccc(CN)cc2)CCCCC1. The van der Waals surface area contributed by atoms with Crippen LogP contribution >= 0.6 is 0 Å². The molecule has 0 heterocycles. The minimum absolute atomic E-state index is 0.00648. The number of nitrogens with one attached hydrogen (secondary N) is 1. The van der Waals surface area contributed by atoms with Crippen LogP contribution in [0.3, 0.4) is 0 Å². The first-order valence-electron chi connectivity index (χ1n) is 7.20. The van der Waals surface area contributed by atoms with Crippen LogP contribution in [0.5, 0.6) is 0 Å². The highest BCUT2D eigenvalue weighted by molar-refractivity contribution is 5.79. The average molecular weight is 260 g/mol. The van der Waals surface area contributed by atoms with Gasteiger partial charge in [-0.3, -0.25) is 4.79 Å². The largest absolute Gasteiger partial charge is 0.351 e. The molecule has 3 nitrogen and oxygen atoms in total. The third-order valence-electron chi connectivity index (χ3n) is 4.02. The van der Waals surface area contributed by atoms with Crippen molar-refractivity contribution in [3.05, 3.63) is 35.4 Å². The number of carbonyl (C=O) groups is 1. The second-order valence-corrected chi connectivity index (χ2v) is 5.87. The van der Waals surface area contributed by atoms with Crippen LogP contribution in [0.1, 0.15) is 50.2 Å². The fourth-order valence-corrected chi connectivity index (χ4v) is 2.82. The predicted molar refractivity (Wildman–Crippen MR) is 77.7 cm³/mol. The van der Waals surface area contributed by atoms with Crippen molar-refractivity contribution in [2.45, 2.75) is 57.5 Å². The molecular weight excluding hydrogens is 236 g/mol. The molecule has 1 amide bonds. The van der Waals surface area contributed by atoms with E-state index >= 15 is 0 Å². The van der Waals surface area contributed by atoms with Crippen molar-refractivity contribution in [3.8, 4) is 0 Å². The molecule has 1 fully saturated rings. The van der Waals surface area contributed by atoms with Gasteiger partial charge < -0.3 is 11.1 Å². The van der Waals surface area contributed by atoms with E-state index in [0.29, 0.717) is 13.0 Å². The van der Waals surface area contributed by atoms with Gasteiger partial charge in [0.25, 0.3) is 0 Å². The Bertz CT molecular complexity index is 419. The summed E-state index contributed by atoms with van der Waals surface area (Å²) in [6, 6.07) is 7.96. The second-order valence-electron chi connectivity index (χ2n) is 5.87. The molecule has 104 valence electrons. The van der Waals surface area contributed by atoms with Crippen molar-refractivity contribution >= 4 is 5.91 Å². The standard InChI is InChI=1S/C16H24N2O/c1-16(9-3-2-4-10-16)18-15(19)11-13-5-7-14(12-17)8-6-13/h5-8H,2-4,9-12,17H2,1H3,(H,18,19). The van der Waals surface area contributed by atoms with Gasteiger partial charge in [0.1, 0.15) is 0 Å². The fraction of sp³-hybridized carbons (Fsp3) is 0.562. The van der Waals surface area contributed by atoms with Gasteiger partial charge in [0.05, 0.1) is 6.42 Å². The normalized spacial score (nSPS) is 18.0. The number of carbonyl (C=O) groups excluding carboxylic acids is 1. The highest BCUT2D eigenvalue weighted by Gasteiger charge is 2.28. The summed E-state index contributed by atoms with van der Waals surface area (Å²) in [5, 5.41) is 3.21. The molecule has 1 aliphatic rings. The van der Waals surface area contributed by atoms with Crippen LogP contribution in [0.15, 0.2) is 24.3 Å². The zero-order chi connectivity index (χ0) is 13.7. The maximum Gasteiger partial charge on any atom is 0.224 e. The minimum atomic E-state index is 0.00648. The van der Waals surface area contributed by atoms with Crippen molar-refractivity contribution < 1.29 is 4.79 Å². The smallest absolute Gasteiger partial charge is 0.224 e. The zero-order valence-corrected chi connectivity index (χ0v) is 11.7. The van der Waals surface area contributed by atoms with Crippen LogP contribution in [-0.2, 0) is 17.8 Å². The molecule has 0 radical (unpaired) electrons. The Balaban J connectivity index is 1.89. The third-order valence-corrected chi connectivity index (χ3v) is 4.02. The maximum atomic E-state index is 12.1. The van der Waals surface area contributed by atoms with Crippen LogP contribution in [0.4, 0.5) is 0 Å². The van der Waals surface area contributed by atoms with Crippen molar-refractivity contribution in [1.82, 2.24) is 5.32 Å². The van der Waals surface area contributed by atoms with E-state index in [0.717, 1.165) is 24.0 Å². The highest BCUT2D eigenvalue weighted by Crippen LogP contribution is 2.27. The zero-order valence-electron chi connectivity index (χ0n) is 11.7. The fourth-order valence-electron chi connectivity index (χ4n) is 2.82. The number of benzene rings is 1. The van der Waals surface area contributed by atoms with Gasteiger partial charge in [-0.25, -0.2) is 0 Å². The van der Waals surface area contributed by atoms with E-state index in [4.69, 9.17) is 5.73 Å². The van der Waals surface area contributed by atoms with E-state index in [9.17, 15) is 4.79 Å². The van der Waals surface area contributed by atoms with Gasteiger partial charge in [-0.1, -0.05) is 43.5 Å². The summed E-state index contributed by atoms with van der Waals surface area (Å²) in [6.45, 7) is 2.71. The van der Waals surface area contributed by atoms with E-state index in [1.165, 1.54) is 19.3 Å². The summed E-state index contributed by atoms with van der Waals surface area (Å²) in [6.07, 6.45) is 6.41. The molecule has 0 spiro atoms. The lowest BCUT2D eigenvalue weighted by Gasteiger charge is -2.34. The predicted octanol–water partition coefficient (Wildman–Crippen LogP) is 2.53. The van der Waals surface area contributed by atoms with Gasteiger partial charge >= 0.3 is 0 Å². The average Bonchev–Trinajstić information content (AvgIpc) is 2.39. The topological polar surface area (TPSA) is 55.1 Å². The molecule has 0 aromatic heterocycles. The van der Waals surface area contributed by atoms with Crippen molar-refractivity contribution in [2.75, 3.05) is 0 Å². The summed E-state index contributed by atoms with van der Waals surface area (Å²) in [5.41, 5.74) is 7.72. The molecule has 1 aromatic rings. The number of hydrogen-bond acceptors (Lipinski definition) is 2. The number of amides is 1. The molecule has 2 rings (SSSR count). The Labute approximate surface area is 115 Å².